The molecule has 520 valence electrons. The van der Waals surface area contributed by atoms with Gasteiger partial charge in [-0.2, -0.15) is 11.8 Å². The molecule has 6 rings (SSSR count). The van der Waals surface area contributed by atoms with Crippen molar-refractivity contribution in [1.82, 2.24) is 31.1 Å². The summed E-state index contributed by atoms with van der Waals surface area (Å²) in [6.07, 6.45) is 5.84. The first-order valence-electron chi connectivity index (χ1n) is 33.3. The van der Waals surface area contributed by atoms with Crippen molar-refractivity contribution in [3.05, 3.63) is 59.7 Å². The summed E-state index contributed by atoms with van der Waals surface area (Å²) in [5.41, 5.74) is 3.23. The van der Waals surface area contributed by atoms with E-state index < -0.39 is 11.2 Å². The highest BCUT2D eigenvalue weighted by molar-refractivity contribution is 8.00. The Bertz CT molecular complexity index is 2410. The van der Waals surface area contributed by atoms with Crippen LogP contribution in [-0.2, 0) is 77.6 Å². The first-order chi connectivity index (χ1) is 44.5. The zero-order valence-electron chi connectivity index (χ0n) is 55.7. The number of hydrogen-bond donors (Lipinski definition) is 4. The van der Waals surface area contributed by atoms with Crippen molar-refractivity contribution >= 4 is 41.8 Å². The molecule has 25 heteroatoms. The molecule has 3 saturated heterocycles. The number of aryl methyl sites for hydroxylation is 1. The average Bonchev–Trinajstić information content (AvgIpc) is 1.63. The Hall–Kier alpha value is -4.90. The molecule has 1 aliphatic carbocycles. The second-order valence-corrected chi connectivity index (χ2v) is 26.4. The number of rotatable bonds is 48. The third-order valence-corrected chi connectivity index (χ3v) is 16.9. The van der Waals surface area contributed by atoms with Crippen LogP contribution in [0.5, 0.6) is 0 Å². The van der Waals surface area contributed by atoms with Gasteiger partial charge in [-0.3, -0.25) is 9.59 Å². The molecule has 4 N–H and O–H groups in total. The van der Waals surface area contributed by atoms with Crippen LogP contribution < -0.4 is 21.3 Å². The molecule has 0 spiro atoms. The summed E-state index contributed by atoms with van der Waals surface area (Å²) in [5, 5.41) is 12.2. The number of unbranched alkanes of at least 4 members (excludes halogenated alkanes) is 1. The summed E-state index contributed by atoms with van der Waals surface area (Å²) in [5.74, 6) is 1.15. The first kappa shape index (κ1) is 76.1. The van der Waals surface area contributed by atoms with Gasteiger partial charge in [0.15, 0.2) is 0 Å². The highest BCUT2D eigenvalue weighted by Crippen LogP contribution is 2.47. The van der Waals surface area contributed by atoms with Gasteiger partial charge in [0.05, 0.1) is 157 Å². The number of piperidine rings is 1. The Labute approximate surface area is 550 Å². The Kier molecular flexibility index (Phi) is 35.8. The van der Waals surface area contributed by atoms with Crippen molar-refractivity contribution in [2.45, 2.75) is 146 Å². The van der Waals surface area contributed by atoms with Crippen LogP contribution in [0, 0.1) is 0 Å². The zero-order chi connectivity index (χ0) is 65.7. The summed E-state index contributed by atoms with van der Waals surface area (Å²) >= 11 is 1.90. The lowest BCUT2D eigenvalue weighted by Crippen LogP contribution is -2.51. The van der Waals surface area contributed by atoms with Crippen LogP contribution in [-0.4, -0.2) is 258 Å². The van der Waals surface area contributed by atoms with Gasteiger partial charge in [0.1, 0.15) is 11.2 Å². The molecule has 2 aromatic rings. The molecule has 92 heavy (non-hydrogen) atoms. The number of fused-ring (bicyclic) bond motifs is 1. The van der Waals surface area contributed by atoms with Crippen LogP contribution in [0.25, 0.3) is 11.1 Å². The van der Waals surface area contributed by atoms with Gasteiger partial charge in [-0.25, -0.2) is 14.4 Å². The predicted octanol–water partition coefficient (Wildman–Crippen LogP) is 6.92. The van der Waals surface area contributed by atoms with E-state index in [4.69, 9.17) is 61.6 Å². The van der Waals surface area contributed by atoms with Crippen molar-refractivity contribution in [3.8, 4) is 11.1 Å². The Morgan fingerprint density at radius 2 is 1.03 bits per heavy atom. The average molecular weight is 1320 g/mol. The fourth-order valence-corrected chi connectivity index (χ4v) is 12.3. The topological polar surface area (TPSA) is 260 Å². The number of nitrogens with one attached hydrogen (secondary N) is 4. The quantitative estimate of drug-likeness (QED) is 0.0387. The van der Waals surface area contributed by atoms with Gasteiger partial charge in [0.25, 0.3) is 0 Å². The molecular weight excluding hydrogens is 1210 g/mol. The SMILES string of the molecule is CC(C)(C)OC(=O)N1CCC(N(C(=O)OC(C)(C)C)[C@@H]2C[C@H]2c2ccc(-c3cccc(CCC(=O)NCCOCCOCCOCCOCCOCCOCCOCCOCCOCCOCCOCCNC(=O)CCCC[C@@H]4SC[C@@H]5NC(=O)N[C@@H]54)c3)cc2)CC1. The number of nitrogens with zero attached hydrogens (tertiary/aromatic N) is 2. The van der Waals surface area contributed by atoms with E-state index in [1.165, 1.54) is 5.56 Å². The number of carbonyl (C=O) groups is 5. The summed E-state index contributed by atoms with van der Waals surface area (Å²) in [6.45, 7) is 23.2. The maximum absolute atomic E-state index is 13.7. The molecule has 1 saturated carbocycles. The maximum atomic E-state index is 13.7. The van der Waals surface area contributed by atoms with Gasteiger partial charge < -0.3 is 92.6 Å². The number of ether oxygens (including phenoxy) is 13. The Balaban J connectivity index is 0.632. The normalized spacial score (nSPS) is 18.9. The summed E-state index contributed by atoms with van der Waals surface area (Å²) in [4.78, 5) is 66.4. The molecule has 0 unspecified atom stereocenters. The van der Waals surface area contributed by atoms with Crippen molar-refractivity contribution in [2.24, 2.45) is 0 Å². The maximum Gasteiger partial charge on any atom is 0.410 e. The molecule has 0 radical (unpaired) electrons. The monoisotopic (exact) mass is 1320 g/mol. The third kappa shape index (κ3) is 31.6. The fourth-order valence-electron chi connectivity index (χ4n) is 10.7. The molecule has 6 amide bonds. The Morgan fingerprint density at radius 3 is 1.51 bits per heavy atom. The minimum absolute atomic E-state index is 0.0235. The van der Waals surface area contributed by atoms with Gasteiger partial charge >= 0.3 is 18.2 Å². The van der Waals surface area contributed by atoms with Crippen molar-refractivity contribution in [2.75, 3.05) is 177 Å². The highest BCUT2D eigenvalue weighted by atomic mass is 32.2. The second-order valence-electron chi connectivity index (χ2n) is 25.1. The van der Waals surface area contributed by atoms with E-state index in [0.29, 0.717) is 209 Å². The van der Waals surface area contributed by atoms with Gasteiger partial charge in [-0.15, -0.1) is 0 Å². The van der Waals surface area contributed by atoms with Crippen LogP contribution in [0.1, 0.15) is 110 Å². The fraction of sp³-hybridized carbons (Fsp3) is 0.746. The summed E-state index contributed by atoms with van der Waals surface area (Å²) in [7, 11) is 0. The number of carbonyl (C=O) groups excluding carboxylic acids is 5. The smallest absolute Gasteiger partial charge is 0.410 e. The van der Waals surface area contributed by atoms with E-state index in [1.807, 2.05) is 70.3 Å². The predicted molar refractivity (Wildman–Crippen MR) is 349 cm³/mol. The number of likely N-dealkylation sites (tertiary alicyclic amines) is 1. The van der Waals surface area contributed by atoms with Crippen LogP contribution in [0.4, 0.5) is 14.4 Å². The van der Waals surface area contributed by atoms with E-state index >= 15 is 0 Å². The van der Waals surface area contributed by atoms with E-state index in [1.54, 1.807) is 4.90 Å². The van der Waals surface area contributed by atoms with E-state index in [-0.39, 0.29) is 60.1 Å². The molecule has 5 atom stereocenters. The minimum Gasteiger partial charge on any atom is -0.444 e. The molecule has 24 nitrogen and oxygen atoms in total. The molecule has 3 heterocycles. The number of benzene rings is 2. The molecule has 0 aromatic heterocycles. The van der Waals surface area contributed by atoms with Crippen molar-refractivity contribution in [3.63, 3.8) is 0 Å². The van der Waals surface area contributed by atoms with Crippen LogP contribution in [0.3, 0.4) is 0 Å². The molecule has 4 aliphatic rings. The van der Waals surface area contributed by atoms with Crippen LogP contribution in [0.15, 0.2) is 48.5 Å². The molecular formula is C67H108N6O18S. The molecule has 4 fully saturated rings. The molecule has 0 bridgehead atoms. The van der Waals surface area contributed by atoms with Gasteiger partial charge in [-0.05, 0) is 102 Å². The van der Waals surface area contributed by atoms with E-state index in [9.17, 15) is 24.0 Å². The third-order valence-electron chi connectivity index (χ3n) is 15.4. The first-order valence-corrected chi connectivity index (χ1v) is 34.3. The summed E-state index contributed by atoms with van der Waals surface area (Å²) < 4.78 is 72.7. The van der Waals surface area contributed by atoms with Crippen molar-refractivity contribution < 1.29 is 85.6 Å². The van der Waals surface area contributed by atoms with Gasteiger partial charge in [0.2, 0.25) is 11.8 Å². The highest BCUT2D eigenvalue weighted by Gasteiger charge is 2.49. The number of hydrogen-bond acceptors (Lipinski definition) is 19. The lowest BCUT2D eigenvalue weighted by molar-refractivity contribution is -0.122. The van der Waals surface area contributed by atoms with Gasteiger partial charge in [-0.1, -0.05) is 55.0 Å². The van der Waals surface area contributed by atoms with Crippen molar-refractivity contribution in [1.29, 1.82) is 0 Å². The van der Waals surface area contributed by atoms with E-state index in [0.717, 1.165) is 48.1 Å². The van der Waals surface area contributed by atoms with Gasteiger partial charge in [0, 0.05) is 68.0 Å². The lowest BCUT2D eigenvalue weighted by Gasteiger charge is -2.39. The molecule has 3 aliphatic heterocycles. The lowest BCUT2D eigenvalue weighted by atomic mass is 9.98. The minimum atomic E-state index is -0.625. The number of amides is 6. The standard InChI is InChI=1S/C67H108N6O18S/c1-66(2,3)90-64(77)72-24-20-55(21-25-72)73(65(78)91-67(4,5)6)58-49-56(58)53-17-15-52(16-18-53)54-11-9-10-51(48-54)14-19-61(75)69-23-27-80-29-31-82-33-35-84-37-39-86-41-43-88-45-47-89-46-44-87-42-40-85-38-36-83-34-32-81-30-28-79-26-22-68-60(74)13-8-7-12-59-62-57(50-92-59)70-63(76)71-62/h9-11,15-18,48,55-59,62H,7-8,12-14,19-47,49-50H2,1-6H3,(H,68,74)(H,69,75)(H2,70,71,76)/t56-,57-,58+,59-,62-/m0/s1. The van der Waals surface area contributed by atoms with E-state index in [2.05, 4.69) is 57.7 Å². The van der Waals surface area contributed by atoms with Crippen LogP contribution >= 0.6 is 11.8 Å². The molecule has 2 aromatic carbocycles. The number of urea groups is 1. The second kappa shape index (κ2) is 43.2. The Morgan fingerprint density at radius 1 is 0.565 bits per heavy atom. The number of thioether (sulfide) groups is 1. The largest absolute Gasteiger partial charge is 0.444 e. The zero-order valence-corrected chi connectivity index (χ0v) is 56.5. The van der Waals surface area contributed by atoms with Crippen LogP contribution in [0.2, 0.25) is 0 Å². The summed E-state index contributed by atoms with van der Waals surface area (Å²) in [6, 6.07) is 17.2.